The SMILES string of the molecule is O=c1c2sccc2n(Cc2nc(-c3ccc(F)c(Cl)c3)no2)c(=O)n1CCc1ccccc1. The Hall–Kier alpha value is -3.56. The van der Waals surface area contributed by atoms with Gasteiger partial charge in [0.15, 0.2) is 0 Å². The van der Waals surface area contributed by atoms with Gasteiger partial charge in [0.2, 0.25) is 11.7 Å². The Bertz CT molecular complexity index is 1570. The van der Waals surface area contributed by atoms with E-state index in [0.29, 0.717) is 22.2 Å². The zero-order chi connectivity index (χ0) is 22.9. The molecule has 0 bridgehead atoms. The van der Waals surface area contributed by atoms with E-state index in [1.54, 1.807) is 11.4 Å². The molecule has 0 unspecified atom stereocenters. The van der Waals surface area contributed by atoms with E-state index in [0.717, 1.165) is 5.56 Å². The van der Waals surface area contributed by atoms with Crippen LogP contribution in [0.3, 0.4) is 0 Å². The summed E-state index contributed by atoms with van der Waals surface area (Å²) < 4.78 is 22.0. The van der Waals surface area contributed by atoms with Gasteiger partial charge in [0.05, 0.1) is 10.5 Å². The van der Waals surface area contributed by atoms with Crippen LogP contribution < -0.4 is 11.2 Å². The number of hydrogen-bond acceptors (Lipinski definition) is 6. The predicted molar refractivity (Wildman–Crippen MR) is 124 cm³/mol. The third-order valence-corrected chi connectivity index (χ3v) is 6.42. The summed E-state index contributed by atoms with van der Waals surface area (Å²) in [6, 6.07) is 15.5. The molecule has 0 saturated carbocycles. The Morgan fingerprint density at radius 2 is 1.88 bits per heavy atom. The summed E-state index contributed by atoms with van der Waals surface area (Å²) in [6.07, 6.45) is 0.545. The number of nitrogens with zero attached hydrogens (tertiary/aromatic N) is 4. The van der Waals surface area contributed by atoms with Crippen LogP contribution in [0, 0.1) is 5.82 Å². The van der Waals surface area contributed by atoms with E-state index in [4.69, 9.17) is 16.1 Å². The molecule has 5 aromatic rings. The highest BCUT2D eigenvalue weighted by Crippen LogP contribution is 2.23. The highest BCUT2D eigenvalue weighted by atomic mass is 35.5. The second-order valence-electron chi connectivity index (χ2n) is 7.34. The third-order valence-electron chi connectivity index (χ3n) is 5.24. The summed E-state index contributed by atoms with van der Waals surface area (Å²) in [5.74, 6) is -0.152. The van der Waals surface area contributed by atoms with Gasteiger partial charge in [-0.25, -0.2) is 9.18 Å². The lowest BCUT2D eigenvalue weighted by atomic mass is 10.1. The summed E-state index contributed by atoms with van der Waals surface area (Å²) in [5, 5.41) is 5.63. The number of fused-ring (bicyclic) bond motifs is 1. The molecule has 0 aliphatic carbocycles. The summed E-state index contributed by atoms with van der Waals surface area (Å²) in [5.41, 5.74) is 1.25. The molecule has 0 amide bonds. The second-order valence-corrected chi connectivity index (χ2v) is 8.66. The van der Waals surface area contributed by atoms with Crippen LogP contribution in [0.25, 0.3) is 21.6 Å². The standard InChI is InChI=1S/C23H16ClFN4O3S/c24-16-12-15(6-7-17(16)25)21-26-19(32-27-21)13-29-18-9-11-33-20(18)22(30)28(23(29)31)10-8-14-4-2-1-3-5-14/h1-7,9,11-12H,8,10,13H2. The van der Waals surface area contributed by atoms with E-state index in [-0.39, 0.29) is 35.4 Å². The van der Waals surface area contributed by atoms with Gasteiger partial charge in [-0.05, 0) is 41.6 Å². The number of rotatable bonds is 6. The second kappa shape index (κ2) is 8.76. The summed E-state index contributed by atoms with van der Waals surface area (Å²) in [4.78, 5) is 30.5. The van der Waals surface area contributed by atoms with Crippen molar-refractivity contribution in [2.24, 2.45) is 0 Å². The molecular weight excluding hydrogens is 467 g/mol. The molecule has 3 heterocycles. The van der Waals surface area contributed by atoms with E-state index in [1.165, 1.54) is 38.7 Å². The Kier molecular flexibility index (Phi) is 5.65. The smallest absolute Gasteiger partial charge is 0.332 e. The van der Waals surface area contributed by atoms with Crippen LogP contribution >= 0.6 is 22.9 Å². The predicted octanol–water partition coefficient (Wildman–Crippen LogP) is 4.36. The molecule has 5 rings (SSSR count). The summed E-state index contributed by atoms with van der Waals surface area (Å²) in [6.45, 7) is 0.234. The molecule has 0 atom stereocenters. The number of hydrogen-bond donors (Lipinski definition) is 0. The van der Waals surface area contributed by atoms with E-state index in [1.807, 2.05) is 30.3 Å². The first-order valence-electron chi connectivity index (χ1n) is 10.0. The molecule has 0 fully saturated rings. The normalized spacial score (nSPS) is 11.3. The highest BCUT2D eigenvalue weighted by Gasteiger charge is 2.18. The Morgan fingerprint density at radius 3 is 2.67 bits per heavy atom. The van der Waals surface area contributed by atoms with Gasteiger partial charge >= 0.3 is 5.69 Å². The van der Waals surface area contributed by atoms with E-state index in [9.17, 15) is 14.0 Å². The molecule has 10 heteroatoms. The lowest BCUT2D eigenvalue weighted by molar-refractivity contribution is 0.369. The molecule has 166 valence electrons. The number of aromatic nitrogens is 4. The van der Waals surface area contributed by atoms with Crippen molar-refractivity contribution in [2.75, 3.05) is 0 Å². The van der Waals surface area contributed by atoms with Gasteiger partial charge in [-0.2, -0.15) is 4.98 Å². The van der Waals surface area contributed by atoms with Crippen molar-refractivity contribution in [3.8, 4) is 11.4 Å². The maximum Gasteiger partial charge on any atom is 0.332 e. The first-order chi connectivity index (χ1) is 16.0. The Balaban J connectivity index is 1.50. The zero-order valence-electron chi connectivity index (χ0n) is 17.1. The van der Waals surface area contributed by atoms with Crippen molar-refractivity contribution in [2.45, 2.75) is 19.5 Å². The van der Waals surface area contributed by atoms with Crippen molar-refractivity contribution >= 4 is 33.2 Å². The Morgan fingerprint density at radius 1 is 1.06 bits per heavy atom. The monoisotopic (exact) mass is 482 g/mol. The van der Waals surface area contributed by atoms with Crippen LogP contribution in [0.5, 0.6) is 0 Å². The number of benzene rings is 2. The molecule has 0 radical (unpaired) electrons. The largest absolute Gasteiger partial charge is 0.337 e. The Labute approximate surface area is 195 Å². The van der Waals surface area contributed by atoms with Crippen LogP contribution in [-0.4, -0.2) is 19.3 Å². The number of thiophene rings is 1. The van der Waals surface area contributed by atoms with Crippen molar-refractivity contribution in [1.82, 2.24) is 19.3 Å². The fourth-order valence-electron chi connectivity index (χ4n) is 3.58. The maximum atomic E-state index is 13.4. The van der Waals surface area contributed by atoms with Gasteiger partial charge in [0.1, 0.15) is 17.1 Å². The minimum Gasteiger partial charge on any atom is -0.337 e. The van der Waals surface area contributed by atoms with Crippen LogP contribution in [0.1, 0.15) is 11.5 Å². The topological polar surface area (TPSA) is 82.9 Å². The molecule has 0 aliphatic rings. The average Bonchev–Trinajstić information content (AvgIpc) is 3.49. The first-order valence-corrected chi connectivity index (χ1v) is 11.3. The van der Waals surface area contributed by atoms with Crippen LogP contribution in [0.2, 0.25) is 5.02 Å². The van der Waals surface area contributed by atoms with E-state index in [2.05, 4.69) is 10.1 Å². The van der Waals surface area contributed by atoms with Crippen molar-refractivity contribution < 1.29 is 8.91 Å². The average molecular weight is 483 g/mol. The van der Waals surface area contributed by atoms with Crippen LogP contribution in [0.4, 0.5) is 4.39 Å². The van der Waals surface area contributed by atoms with Crippen molar-refractivity contribution in [3.05, 3.63) is 103 Å². The molecule has 0 aliphatic heterocycles. The van der Waals surface area contributed by atoms with E-state index < -0.39 is 11.5 Å². The fourth-order valence-corrected chi connectivity index (χ4v) is 4.60. The van der Waals surface area contributed by atoms with Gasteiger partial charge in [0.25, 0.3) is 5.56 Å². The highest BCUT2D eigenvalue weighted by molar-refractivity contribution is 7.17. The van der Waals surface area contributed by atoms with Gasteiger partial charge < -0.3 is 4.52 Å². The number of halogens is 2. The van der Waals surface area contributed by atoms with Crippen molar-refractivity contribution in [1.29, 1.82) is 0 Å². The molecule has 0 spiro atoms. The lowest BCUT2D eigenvalue weighted by Crippen LogP contribution is -2.40. The molecule has 0 saturated heterocycles. The number of aryl methyl sites for hydroxylation is 1. The van der Waals surface area contributed by atoms with Gasteiger partial charge in [-0.15, -0.1) is 11.3 Å². The first kappa shape index (κ1) is 21.3. The molecule has 0 N–H and O–H groups in total. The van der Waals surface area contributed by atoms with Gasteiger partial charge in [-0.3, -0.25) is 13.9 Å². The molecule has 33 heavy (non-hydrogen) atoms. The molecule has 2 aromatic carbocycles. The molecule has 3 aromatic heterocycles. The summed E-state index contributed by atoms with van der Waals surface area (Å²) >= 11 is 7.12. The summed E-state index contributed by atoms with van der Waals surface area (Å²) in [7, 11) is 0. The lowest BCUT2D eigenvalue weighted by Gasteiger charge is -2.10. The minimum atomic E-state index is -0.548. The minimum absolute atomic E-state index is 0.0143. The van der Waals surface area contributed by atoms with Crippen LogP contribution in [0.15, 0.2) is 74.1 Å². The van der Waals surface area contributed by atoms with Crippen LogP contribution in [-0.2, 0) is 19.5 Å². The maximum absolute atomic E-state index is 13.4. The fraction of sp³-hybridized carbons (Fsp3) is 0.130. The third kappa shape index (κ3) is 4.12. The van der Waals surface area contributed by atoms with Crippen molar-refractivity contribution in [3.63, 3.8) is 0 Å². The van der Waals surface area contributed by atoms with Gasteiger partial charge in [0, 0.05) is 12.1 Å². The van der Waals surface area contributed by atoms with E-state index >= 15 is 0 Å². The molecular formula is C23H16ClFN4O3S. The quantitative estimate of drug-likeness (QED) is 0.359. The molecule has 7 nitrogen and oxygen atoms in total. The van der Waals surface area contributed by atoms with Gasteiger partial charge in [-0.1, -0.05) is 47.1 Å². The zero-order valence-corrected chi connectivity index (χ0v) is 18.6.